The van der Waals surface area contributed by atoms with Gasteiger partial charge in [0.1, 0.15) is 22.9 Å². The predicted octanol–water partition coefficient (Wildman–Crippen LogP) is 4.09. The number of aliphatic hydroxyl groups excluding tert-OH is 1. The highest BCUT2D eigenvalue weighted by atomic mass is 32.2. The largest absolute Gasteiger partial charge is 0.494 e. The van der Waals surface area contributed by atoms with E-state index in [1.54, 1.807) is 41.8 Å². The molecule has 2 aromatic heterocycles. The molecule has 0 unspecified atom stereocenters. The number of hydrogen-bond donors (Lipinski definition) is 1. The molecule has 3 heterocycles. The molecule has 1 amide bonds. The Balaban J connectivity index is 1.91. The van der Waals surface area contributed by atoms with Gasteiger partial charge in [-0.15, -0.1) is 10.2 Å². The summed E-state index contributed by atoms with van der Waals surface area (Å²) >= 11 is 0. The molecule has 1 aromatic carbocycles. The van der Waals surface area contributed by atoms with Crippen molar-refractivity contribution < 1.29 is 32.2 Å². The molecule has 14 heteroatoms. The molecule has 1 N–H and O–H groups in total. The molecule has 1 fully saturated rings. The minimum Gasteiger partial charge on any atom is -0.494 e. The second-order valence-corrected chi connectivity index (χ2v) is 20.0. The fourth-order valence-corrected chi connectivity index (χ4v) is 7.74. The molecule has 1 saturated heterocycles. The molecule has 12 nitrogen and oxygen atoms in total. The number of carbonyl (C=O) groups is 1. The van der Waals surface area contributed by atoms with Gasteiger partial charge >= 0.3 is 0 Å². The Bertz CT molecular complexity index is 1510. The molecule has 43 heavy (non-hydrogen) atoms. The number of sulfonamides is 1. The van der Waals surface area contributed by atoms with Crippen molar-refractivity contribution in [2.75, 3.05) is 38.2 Å². The monoisotopic (exact) mass is 633 g/mol. The minimum absolute atomic E-state index is 0.0494. The van der Waals surface area contributed by atoms with Gasteiger partial charge in [0.2, 0.25) is 27.7 Å². The van der Waals surface area contributed by atoms with Gasteiger partial charge in [0.25, 0.3) is 0 Å². The Hall–Kier alpha value is -3.36. The Labute approximate surface area is 254 Å². The Morgan fingerprint density at radius 1 is 1.14 bits per heavy atom. The highest BCUT2D eigenvalue weighted by Gasteiger charge is 2.39. The lowest BCUT2D eigenvalue weighted by molar-refractivity contribution is -0.137. The van der Waals surface area contributed by atoms with Gasteiger partial charge in [-0.1, -0.05) is 25.7 Å². The lowest BCUT2D eigenvalue weighted by Crippen LogP contribution is -2.52. The van der Waals surface area contributed by atoms with Gasteiger partial charge in [0.15, 0.2) is 5.76 Å². The number of ether oxygens (including phenoxy) is 2. The first-order valence-electron chi connectivity index (χ1n) is 14.5. The maximum atomic E-state index is 14.5. The first-order valence-corrected chi connectivity index (χ1v) is 19.7. The zero-order valence-electron chi connectivity index (χ0n) is 26.0. The molecule has 0 saturated carbocycles. The van der Waals surface area contributed by atoms with Crippen molar-refractivity contribution in [3.8, 4) is 28.8 Å². The summed E-state index contributed by atoms with van der Waals surface area (Å²) in [5.41, 5.74) is 0.420. The van der Waals surface area contributed by atoms with Crippen molar-refractivity contribution >= 4 is 30.0 Å². The van der Waals surface area contributed by atoms with Crippen LogP contribution in [0.4, 0.5) is 5.95 Å². The highest BCUT2D eigenvalue weighted by molar-refractivity contribution is 7.93. The van der Waals surface area contributed by atoms with Gasteiger partial charge in [0.05, 0.1) is 32.1 Å². The van der Waals surface area contributed by atoms with Crippen LogP contribution in [0.25, 0.3) is 17.3 Å². The maximum Gasteiger partial charge on any atom is 0.246 e. The fourth-order valence-electron chi connectivity index (χ4n) is 5.21. The van der Waals surface area contributed by atoms with Gasteiger partial charge in [-0.05, 0) is 57.0 Å². The summed E-state index contributed by atoms with van der Waals surface area (Å²) in [5, 5.41) is 17.8. The van der Waals surface area contributed by atoms with E-state index in [0.29, 0.717) is 54.0 Å². The predicted molar refractivity (Wildman–Crippen MR) is 167 cm³/mol. The van der Waals surface area contributed by atoms with Gasteiger partial charge in [0, 0.05) is 27.6 Å². The molecule has 0 radical (unpaired) electrons. The molecule has 3 aromatic rings. The van der Waals surface area contributed by atoms with Crippen molar-refractivity contribution in [1.82, 2.24) is 19.7 Å². The van der Waals surface area contributed by atoms with E-state index in [-0.39, 0.29) is 37.4 Å². The zero-order chi connectivity index (χ0) is 31.5. The van der Waals surface area contributed by atoms with E-state index >= 15 is 0 Å². The summed E-state index contributed by atoms with van der Waals surface area (Å²) in [6.45, 7) is 9.81. The van der Waals surface area contributed by atoms with Crippen LogP contribution in [0.5, 0.6) is 11.5 Å². The van der Waals surface area contributed by atoms with Gasteiger partial charge in [-0.2, -0.15) is 0 Å². The first-order chi connectivity index (χ1) is 20.3. The number of rotatable bonds is 13. The summed E-state index contributed by atoms with van der Waals surface area (Å²) in [7, 11) is -2.83. The second-order valence-electron chi connectivity index (χ2n) is 12.1. The Morgan fingerprint density at radius 2 is 1.81 bits per heavy atom. The van der Waals surface area contributed by atoms with Crippen LogP contribution in [0.2, 0.25) is 25.7 Å². The lowest BCUT2D eigenvalue weighted by atomic mass is 10.0. The fraction of sp³-hybridized carbons (Fsp3) is 0.552. The van der Waals surface area contributed by atoms with Crippen LogP contribution in [0.15, 0.2) is 34.7 Å². The summed E-state index contributed by atoms with van der Waals surface area (Å²) in [4.78, 5) is 14.3. The molecular formula is C29H43N5O7SSi. The van der Waals surface area contributed by atoms with Crippen LogP contribution in [-0.2, 0) is 14.8 Å². The molecular weight excluding hydrogens is 591 g/mol. The molecule has 0 bridgehead atoms. The standard InChI is InChI=1S/C29H43N5O7SSi/c1-20-14-15-25(41-20)28-30-31-29(34(28)27-23(39-3)11-9-12-24(27)40-4)33(16-17-43(5,6)7)42(37,38)21(2)18-32-22(19-35)10-8-13-26(32)36/h9,11-12,14-15,21-22,35H,8,10,13,16-19H2,1-7H3/t21-,22-/m1/s1. The number of furan rings is 1. The number of para-hydroxylation sites is 1. The van der Waals surface area contributed by atoms with Gasteiger partial charge < -0.3 is 23.9 Å². The number of hydrogen-bond acceptors (Lipinski definition) is 9. The third-order valence-electron chi connectivity index (χ3n) is 7.69. The summed E-state index contributed by atoms with van der Waals surface area (Å²) < 4.78 is 49.3. The van der Waals surface area contributed by atoms with Crippen LogP contribution in [-0.4, -0.2) is 92.4 Å². The van der Waals surface area contributed by atoms with Crippen molar-refractivity contribution in [3.05, 3.63) is 36.1 Å². The quantitative estimate of drug-likeness (QED) is 0.276. The number of anilines is 1. The normalized spacial score (nSPS) is 16.8. The van der Waals surface area contributed by atoms with Crippen molar-refractivity contribution in [2.45, 2.75) is 70.1 Å². The smallest absolute Gasteiger partial charge is 0.246 e. The summed E-state index contributed by atoms with van der Waals surface area (Å²) in [6.07, 6.45) is 1.63. The topological polar surface area (TPSA) is 140 Å². The minimum atomic E-state index is -4.12. The molecule has 4 rings (SSSR count). The first kappa shape index (κ1) is 32.5. The number of benzene rings is 1. The SMILES string of the molecule is COc1cccc(OC)c1-n1c(-c2ccc(C)o2)nnc1N(CC[Si](C)(C)C)S(=O)(=O)[C@H](C)CN1C(=O)CCC[C@@H]1CO. The molecule has 1 aliphatic rings. The Morgan fingerprint density at radius 3 is 2.37 bits per heavy atom. The molecule has 1 aliphatic heterocycles. The average Bonchev–Trinajstić information content (AvgIpc) is 3.58. The van der Waals surface area contributed by atoms with E-state index in [4.69, 9.17) is 13.9 Å². The van der Waals surface area contributed by atoms with Crippen LogP contribution in [0, 0.1) is 6.92 Å². The zero-order valence-corrected chi connectivity index (χ0v) is 27.8. The number of aryl methyl sites for hydroxylation is 1. The van der Waals surface area contributed by atoms with Crippen LogP contribution >= 0.6 is 0 Å². The number of aliphatic hydroxyl groups is 1. The summed E-state index contributed by atoms with van der Waals surface area (Å²) in [6, 6.07) is 9.05. The van der Waals surface area contributed by atoms with Crippen molar-refractivity contribution in [2.24, 2.45) is 0 Å². The third kappa shape index (κ3) is 6.91. The Kier molecular flexibility index (Phi) is 9.92. The number of piperidine rings is 1. The molecule has 0 spiro atoms. The molecule has 2 atom stereocenters. The van der Waals surface area contributed by atoms with Crippen molar-refractivity contribution in [3.63, 3.8) is 0 Å². The number of aromatic nitrogens is 3. The van der Waals surface area contributed by atoms with Gasteiger partial charge in [-0.3, -0.25) is 9.36 Å². The number of likely N-dealkylation sites (tertiary alicyclic amines) is 1. The number of amides is 1. The number of nitrogens with zero attached hydrogens (tertiary/aromatic N) is 5. The molecule has 236 valence electrons. The van der Waals surface area contributed by atoms with Crippen LogP contribution in [0.3, 0.4) is 0 Å². The van der Waals surface area contributed by atoms with Gasteiger partial charge in [-0.25, -0.2) is 12.7 Å². The van der Waals surface area contributed by atoms with Crippen LogP contribution in [0.1, 0.15) is 31.9 Å². The van der Waals surface area contributed by atoms with E-state index in [2.05, 4.69) is 29.8 Å². The lowest BCUT2D eigenvalue weighted by Gasteiger charge is -2.37. The highest BCUT2D eigenvalue weighted by Crippen LogP contribution is 2.39. The summed E-state index contributed by atoms with van der Waals surface area (Å²) in [5.74, 6) is 2.07. The maximum absolute atomic E-state index is 14.5. The van der Waals surface area contributed by atoms with E-state index in [1.807, 2.05) is 6.92 Å². The second kappa shape index (κ2) is 13.1. The van der Waals surface area contributed by atoms with E-state index in [9.17, 15) is 18.3 Å². The average molecular weight is 634 g/mol. The number of carbonyl (C=O) groups excluding carboxylic acids is 1. The van der Waals surface area contributed by atoms with Crippen LogP contribution < -0.4 is 13.8 Å². The molecule has 0 aliphatic carbocycles. The number of methoxy groups -OCH3 is 2. The van der Waals surface area contributed by atoms with Crippen molar-refractivity contribution in [1.29, 1.82) is 0 Å². The van der Waals surface area contributed by atoms with E-state index in [0.717, 1.165) is 0 Å². The van der Waals surface area contributed by atoms with E-state index < -0.39 is 29.4 Å². The van der Waals surface area contributed by atoms with E-state index in [1.165, 1.54) is 23.4 Å². The third-order valence-corrected chi connectivity index (χ3v) is 11.5.